The summed E-state index contributed by atoms with van der Waals surface area (Å²) >= 11 is 0. The Morgan fingerprint density at radius 2 is 1.90 bits per heavy atom. The van der Waals surface area contributed by atoms with Crippen LogP contribution in [0.2, 0.25) is 0 Å². The lowest BCUT2D eigenvalue weighted by Crippen LogP contribution is -2.12. The first-order valence-electron chi connectivity index (χ1n) is 7.84. The van der Waals surface area contributed by atoms with E-state index in [0.29, 0.717) is 18.9 Å². The van der Waals surface area contributed by atoms with Crippen molar-refractivity contribution in [3.63, 3.8) is 0 Å². The van der Waals surface area contributed by atoms with E-state index in [-0.39, 0.29) is 18.0 Å². The largest absolute Gasteiger partial charge is 0.466 e. The van der Waals surface area contributed by atoms with Gasteiger partial charge >= 0.3 is 11.9 Å². The van der Waals surface area contributed by atoms with Gasteiger partial charge in [-0.3, -0.25) is 9.59 Å². The van der Waals surface area contributed by atoms with Crippen LogP contribution in [0.25, 0.3) is 0 Å². The van der Waals surface area contributed by atoms with Crippen molar-refractivity contribution in [2.75, 3.05) is 6.61 Å². The Kier molecular flexibility index (Phi) is 11.1. The Bertz CT molecular complexity index is 276. The second-order valence-corrected chi connectivity index (χ2v) is 5.40. The maximum atomic E-state index is 10.8. The molecule has 4 nitrogen and oxygen atoms in total. The molecule has 118 valence electrons. The fourth-order valence-electron chi connectivity index (χ4n) is 2.04. The Morgan fingerprint density at radius 1 is 1.25 bits per heavy atom. The van der Waals surface area contributed by atoms with Crippen molar-refractivity contribution < 1.29 is 19.1 Å². The van der Waals surface area contributed by atoms with Crippen molar-refractivity contribution in [3.05, 3.63) is 0 Å². The summed E-state index contributed by atoms with van der Waals surface area (Å²) in [7, 11) is 0. The molecule has 1 heterocycles. The van der Waals surface area contributed by atoms with E-state index in [1.54, 1.807) is 0 Å². The van der Waals surface area contributed by atoms with E-state index in [1.165, 1.54) is 26.2 Å². The van der Waals surface area contributed by atoms with Crippen LogP contribution < -0.4 is 0 Å². The molecule has 1 aliphatic heterocycles. The summed E-state index contributed by atoms with van der Waals surface area (Å²) < 4.78 is 9.84. The summed E-state index contributed by atoms with van der Waals surface area (Å²) in [5, 5.41) is 0. The van der Waals surface area contributed by atoms with Crippen LogP contribution in [0.3, 0.4) is 0 Å². The molecule has 2 unspecified atom stereocenters. The molecule has 0 bridgehead atoms. The molecule has 1 rings (SSSR count). The molecule has 0 aromatic carbocycles. The fraction of sp³-hybridized carbons (Fsp3) is 0.875. The van der Waals surface area contributed by atoms with E-state index >= 15 is 0 Å². The van der Waals surface area contributed by atoms with Crippen molar-refractivity contribution in [1.82, 2.24) is 0 Å². The van der Waals surface area contributed by atoms with E-state index in [2.05, 4.69) is 20.8 Å². The Labute approximate surface area is 123 Å². The average Bonchev–Trinajstić information content (AvgIpc) is 2.71. The summed E-state index contributed by atoms with van der Waals surface area (Å²) in [6.07, 6.45) is 7.54. The van der Waals surface area contributed by atoms with Gasteiger partial charge in [0.1, 0.15) is 6.10 Å². The minimum atomic E-state index is -0.175. The summed E-state index contributed by atoms with van der Waals surface area (Å²) in [5.41, 5.74) is 0. The third-order valence-corrected chi connectivity index (χ3v) is 3.30. The standard InChI is InChI=1S/C9H16O2.C7H14O2/c1-3-4-5-8-7(2)6-9(10)11-8;1-3-4-5-6-9-7(2)8/h7-8H,3-6H2,1-2H3;3-6H2,1-2H3. The molecule has 0 aromatic heterocycles. The Morgan fingerprint density at radius 3 is 2.35 bits per heavy atom. The van der Waals surface area contributed by atoms with Crippen LogP contribution in [-0.2, 0) is 19.1 Å². The van der Waals surface area contributed by atoms with Gasteiger partial charge in [0.2, 0.25) is 0 Å². The number of hydrogen-bond donors (Lipinski definition) is 0. The first kappa shape index (κ1) is 18.9. The van der Waals surface area contributed by atoms with Gasteiger partial charge in [0, 0.05) is 12.8 Å². The number of rotatable bonds is 7. The van der Waals surface area contributed by atoms with Crippen LogP contribution in [0.15, 0.2) is 0 Å². The molecule has 0 spiro atoms. The minimum Gasteiger partial charge on any atom is -0.466 e. The number of unbranched alkanes of at least 4 members (excludes halogenated alkanes) is 3. The van der Waals surface area contributed by atoms with Gasteiger partial charge in [-0.2, -0.15) is 0 Å². The second kappa shape index (κ2) is 11.7. The third kappa shape index (κ3) is 9.82. The van der Waals surface area contributed by atoms with E-state index in [4.69, 9.17) is 9.47 Å². The summed E-state index contributed by atoms with van der Waals surface area (Å²) in [6, 6.07) is 0. The van der Waals surface area contributed by atoms with Crippen LogP contribution in [0.4, 0.5) is 0 Å². The highest BCUT2D eigenvalue weighted by molar-refractivity contribution is 5.71. The topological polar surface area (TPSA) is 52.6 Å². The maximum Gasteiger partial charge on any atom is 0.306 e. The highest BCUT2D eigenvalue weighted by Crippen LogP contribution is 2.25. The smallest absolute Gasteiger partial charge is 0.306 e. The third-order valence-electron chi connectivity index (χ3n) is 3.30. The van der Waals surface area contributed by atoms with Crippen LogP contribution in [-0.4, -0.2) is 24.6 Å². The molecule has 4 heteroatoms. The molecule has 0 N–H and O–H groups in total. The van der Waals surface area contributed by atoms with Gasteiger partial charge in [-0.1, -0.05) is 46.5 Å². The molecule has 0 aromatic rings. The lowest BCUT2D eigenvalue weighted by atomic mass is 9.99. The predicted octanol–water partition coefficient (Wildman–Crippen LogP) is 3.87. The highest BCUT2D eigenvalue weighted by atomic mass is 16.6. The molecule has 1 saturated heterocycles. The molecule has 1 fully saturated rings. The zero-order valence-electron chi connectivity index (χ0n) is 13.4. The average molecular weight is 286 g/mol. The summed E-state index contributed by atoms with van der Waals surface area (Å²) in [5.74, 6) is 0.249. The van der Waals surface area contributed by atoms with E-state index in [9.17, 15) is 9.59 Å². The number of ether oxygens (including phenoxy) is 2. The van der Waals surface area contributed by atoms with Gasteiger partial charge in [-0.25, -0.2) is 0 Å². The quantitative estimate of drug-likeness (QED) is 0.526. The molecular formula is C16H30O4. The molecule has 0 radical (unpaired) electrons. The molecule has 1 aliphatic rings. The van der Waals surface area contributed by atoms with Crippen LogP contribution in [0.5, 0.6) is 0 Å². The van der Waals surface area contributed by atoms with E-state index in [0.717, 1.165) is 19.3 Å². The molecule has 0 amide bonds. The van der Waals surface area contributed by atoms with Gasteiger partial charge in [0.05, 0.1) is 13.0 Å². The molecular weight excluding hydrogens is 256 g/mol. The van der Waals surface area contributed by atoms with Gasteiger partial charge < -0.3 is 9.47 Å². The lowest BCUT2D eigenvalue weighted by molar-refractivity contribution is -0.142. The van der Waals surface area contributed by atoms with Crippen molar-refractivity contribution in [1.29, 1.82) is 0 Å². The number of carbonyl (C=O) groups is 2. The first-order valence-corrected chi connectivity index (χ1v) is 7.84. The molecule has 2 atom stereocenters. The number of esters is 2. The van der Waals surface area contributed by atoms with Crippen molar-refractivity contribution >= 4 is 11.9 Å². The van der Waals surface area contributed by atoms with Crippen LogP contribution in [0.1, 0.15) is 72.6 Å². The Hall–Kier alpha value is -1.06. The van der Waals surface area contributed by atoms with Crippen molar-refractivity contribution in [2.24, 2.45) is 5.92 Å². The molecule has 0 aliphatic carbocycles. The van der Waals surface area contributed by atoms with Crippen LogP contribution >= 0.6 is 0 Å². The van der Waals surface area contributed by atoms with Crippen LogP contribution in [0, 0.1) is 5.92 Å². The van der Waals surface area contributed by atoms with Crippen molar-refractivity contribution in [2.45, 2.75) is 78.7 Å². The summed E-state index contributed by atoms with van der Waals surface area (Å²) in [6.45, 7) is 8.38. The molecule has 20 heavy (non-hydrogen) atoms. The monoisotopic (exact) mass is 286 g/mol. The zero-order valence-corrected chi connectivity index (χ0v) is 13.4. The molecule has 0 saturated carbocycles. The zero-order chi connectivity index (χ0) is 15.4. The van der Waals surface area contributed by atoms with Gasteiger partial charge in [-0.05, 0) is 12.8 Å². The van der Waals surface area contributed by atoms with Gasteiger partial charge in [0.15, 0.2) is 0 Å². The first-order chi connectivity index (χ1) is 9.51. The van der Waals surface area contributed by atoms with E-state index in [1.807, 2.05) is 0 Å². The second-order valence-electron chi connectivity index (χ2n) is 5.40. The minimum absolute atomic E-state index is 0.0152. The highest BCUT2D eigenvalue weighted by Gasteiger charge is 2.30. The number of carbonyl (C=O) groups excluding carboxylic acids is 2. The number of hydrogen-bond acceptors (Lipinski definition) is 4. The lowest BCUT2D eigenvalue weighted by Gasteiger charge is -2.11. The maximum absolute atomic E-state index is 10.8. The van der Waals surface area contributed by atoms with Gasteiger partial charge in [-0.15, -0.1) is 0 Å². The predicted molar refractivity (Wildman–Crippen MR) is 79.3 cm³/mol. The van der Waals surface area contributed by atoms with E-state index < -0.39 is 0 Å². The fourth-order valence-corrected chi connectivity index (χ4v) is 2.04. The van der Waals surface area contributed by atoms with Crippen molar-refractivity contribution in [3.8, 4) is 0 Å². The Balaban J connectivity index is 0.000000370. The summed E-state index contributed by atoms with van der Waals surface area (Å²) in [4.78, 5) is 21.0. The SMILES string of the molecule is CCCCC1OC(=O)CC1C.CCCCCOC(C)=O. The number of cyclic esters (lactones) is 1. The normalized spacial score (nSPS) is 20.9. The van der Waals surface area contributed by atoms with Gasteiger partial charge in [0.25, 0.3) is 0 Å².